The van der Waals surface area contributed by atoms with Gasteiger partial charge in [-0.15, -0.1) is 0 Å². The molecule has 3 aliphatic heterocycles. The molecule has 9 nitrogen and oxygen atoms in total. The van der Waals surface area contributed by atoms with Crippen LogP contribution in [0.1, 0.15) is 31.7 Å². The van der Waals surface area contributed by atoms with E-state index in [2.05, 4.69) is 16.0 Å². The smallest absolute Gasteiger partial charge is 0.269 e. The zero-order valence-corrected chi connectivity index (χ0v) is 20.0. The summed E-state index contributed by atoms with van der Waals surface area (Å²) >= 11 is 5.88. The van der Waals surface area contributed by atoms with Gasteiger partial charge in [0.25, 0.3) is 5.91 Å². The molecule has 5 heterocycles. The summed E-state index contributed by atoms with van der Waals surface area (Å²) in [5.41, 5.74) is -3.33. The molecule has 10 heteroatoms. The second-order valence-electron chi connectivity index (χ2n) is 9.63. The zero-order valence-electron chi connectivity index (χ0n) is 19.3. The van der Waals surface area contributed by atoms with Crippen molar-refractivity contribution in [2.45, 2.75) is 43.0 Å². The number of fused-ring (bicyclic) bond motifs is 6. The van der Waals surface area contributed by atoms with E-state index in [0.717, 1.165) is 4.90 Å². The number of carbonyl (C=O) groups is 2. The molecule has 1 N–H and O–H groups in total. The number of rotatable bonds is 5. The van der Waals surface area contributed by atoms with E-state index in [-0.39, 0.29) is 18.7 Å². The molecule has 0 aliphatic carbocycles. The van der Waals surface area contributed by atoms with Crippen molar-refractivity contribution in [3.63, 3.8) is 0 Å². The fraction of sp³-hybridized carbons (Fsp3) is 0.346. The summed E-state index contributed by atoms with van der Waals surface area (Å²) < 4.78 is 12.1. The number of ether oxygens (including phenoxy) is 2. The van der Waals surface area contributed by atoms with E-state index in [0.29, 0.717) is 40.2 Å². The van der Waals surface area contributed by atoms with Crippen molar-refractivity contribution < 1.29 is 24.2 Å². The first-order valence-electron chi connectivity index (χ1n) is 11.6. The number of carbonyl (C=O) groups excluding carboxylic acids is 2. The molecule has 2 aromatic heterocycles. The van der Waals surface area contributed by atoms with Crippen LogP contribution >= 0.6 is 11.6 Å². The lowest BCUT2D eigenvalue weighted by Crippen LogP contribution is -2.59. The third kappa shape index (κ3) is 2.89. The van der Waals surface area contributed by atoms with Crippen molar-refractivity contribution in [3.05, 3.63) is 59.4 Å². The third-order valence-electron chi connectivity index (χ3n) is 7.78. The van der Waals surface area contributed by atoms with Crippen molar-refractivity contribution >= 4 is 40.0 Å². The molecule has 0 radical (unpaired) electrons. The van der Waals surface area contributed by atoms with Crippen LogP contribution in [0, 0.1) is 17.2 Å². The normalized spacial score (nSPS) is 30.6. The van der Waals surface area contributed by atoms with Gasteiger partial charge < -0.3 is 14.6 Å². The molecule has 6 rings (SSSR count). The predicted octanol–water partition coefficient (Wildman–Crippen LogP) is 3.17. The van der Waals surface area contributed by atoms with Gasteiger partial charge in [-0.25, -0.2) is 9.88 Å². The molecule has 0 spiro atoms. The Hall–Kier alpha value is -3.58. The van der Waals surface area contributed by atoms with Crippen LogP contribution in [0.4, 0.5) is 5.69 Å². The van der Waals surface area contributed by atoms with E-state index in [1.807, 2.05) is 0 Å². The Labute approximate surface area is 211 Å². The quantitative estimate of drug-likeness (QED) is 0.525. The molecule has 3 aromatic rings. The van der Waals surface area contributed by atoms with Crippen molar-refractivity contribution in [1.82, 2.24) is 9.97 Å². The Bertz CT molecular complexity index is 1470. The monoisotopic (exact) mass is 504 g/mol. The van der Waals surface area contributed by atoms with Crippen molar-refractivity contribution in [1.29, 1.82) is 5.26 Å². The van der Waals surface area contributed by atoms with Crippen LogP contribution in [0.15, 0.2) is 48.8 Å². The Kier molecular flexibility index (Phi) is 4.89. The number of halogens is 1. The van der Waals surface area contributed by atoms with Gasteiger partial charge >= 0.3 is 0 Å². The summed E-state index contributed by atoms with van der Waals surface area (Å²) in [5, 5.41) is 22.3. The lowest BCUT2D eigenvalue weighted by molar-refractivity contribution is -0.153. The first kappa shape index (κ1) is 22.9. The fourth-order valence-corrected chi connectivity index (χ4v) is 6.19. The summed E-state index contributed by atoms with van der Waals surface area (Å²) in [4.78, 5) is 37.2. The number of aliphatic hydroxyl groups is 1. The van der Waals surface area contributed by atoms with E-state index >= 15 is 0 Å². The number of nitrogens with zero attached hydrogens (tertiary/aromatic N) is 4. The molecule has 3 aliphatic rings. The topological polar surface area (TPSA) is 126 Å². The largest absolute Gasteiger partial charge is 0.478 e. The summed E-state index contributed by atoms with van der Waals surface area (Å²) in [6.07, 6.45) is 4.21. The Balaban J connectivity index is 1.37. The van der Waals surface area contributed by atoms with Crippen LogP contribution in [-0.2, 0) is 14.3 Å². The molecule has 2 amide bonds. The first-order valence-corrected chi connectivity index (χ1v) is 11.9. The van der Waals surface area contributed by atoms with Gasteiger partial charge in [-0.1, -0.05) is 11.6 Å². The highest BCUT2D eigenvalue weighted by Crippen LogP contribution is 2.64. The zero-order chi connectivity index (χ0) is 25.3. The lowest BCUT2D eigenvalue weighted by Gasteiger charge is -2.36. The number of benzene rings is 1. The Morgan fingerprint density at radius 1 is 1.25 bits per heavy atom. The molecule has 0 saturated carbocycles. The standard InChI is InChI=1S/C26H21ClN4O5/c1-24-8-9-25(36-24,10-12-35-19-7-5-16(27)14-30-19)21-22(32)31(23(33)26(21,24)34)18-6-4-15(13-28)20-17(18)3-2-11-29-20/h2-7,11,14,21,34H,8-10,12H2,1H3/t21-,24+,25+,26-/m1/s1. The summed E-state index contributed by atoms with van der Waals surface area (Å²) in [7, 11) is 0. The van der Waals surface area contributed by atoms with E-state index < -0.39 is 34.5 Å². The van der Waals surface area contributed by atoms with Crippen molar-refractivity contribution in [2.24, 2.45) is 5.92 Å². The molecular formula is C26H21ClN4O5. The summed E-state index contributed by atoms with van der Waals surface area (Å²) in [5.74, 6) is -1.99. The summed E-state index contributed by atoms with van der Waals surface area (Å²) in [6, 6.07) is 11.8. The molecule has 3 fully saturated rings. The second kappa shape index (κ2) is 7.71. The number of hydrogen-bond acceptors (Lipinski definition) is 8. The third-order valence-corrected chi connectivity index (χ3v) is 8.01. The minimum Gasteiger partial charge on any atom is -0.478 e. The van der Waals surface area contributed by atoms with E-state index in [1.165, 1.54) is 12.3 Å². The SMILES string of the molecule is C[C@@]12CC[C@@](CCOc3ccc(Cl)cn3)(O1)[C@H]1C(=O)N(c3ccc(C#N)c4ncccc34)C(=O)[C@]12O. The highest BCUT2D eigenvalue weighted by Gasteiger charge is 2.82. The van der Waals surface area contributed by atoms with Crippen LogP contribution < -0.4 is 9.64 Å². The van der Waals surface area contributed by atoms with Crippen LogP contribution in [-0.4, -0.2) is 50.3 Å². The molecular weight excluding hydrogens is 484 g/mol. The second-order valence-corrected chi connectivity index (χ2v) is 10.1. The molecule has 36 heavy (non-hydrogen) atoms. The molecule has 2 bridgehead atoms. The van der Waals surface area contributed by atoms with Crippen molar-refractivity contribution in [3.8, 4) is 11.9 Å². The maximum Gasteiger partial charge on any atom is 0.269 e. The first-order chi connectivity index (χ1) is 17.2. The average Bonchev–Trinajstić information content (AvgIpc) is 3.40. The average molecular weight is 505 g/mol. The Morgan fingerprint density at radius 3 is 2.83 bits per heavy atom. The highest BCUT2D eigenvalue weighted by atomic mass is 35.5. The number of hydrogen-bond donors (Lipinski definition) is 1. The van der Waals surface area contributed by atoms with Gasteiger partial charge in [-0.2, -0.15) is 5.26 Å². The van der Waals surface area contributed by atoms with Crippen LogP contribution in [0.25, 0.3) is 10.9 Å². The van der Waals surface area contributed by atoms with Gasteiger partial charge in [0.05, 0.1) is 34.0 Å². The van der Waals surface area contributed by atoms with Gasteiger partial charge in [0.1, 0.15) is 17.6 Å². The number of aromatic nitrogens is 2. The maximum absolute atomic E-state index is 13.9. The van der Waals surface area contributed by atoms with Crippen LogP contribution in [0.5, 0.6) is 5.88 Å². The number of nitriles is 1. The minimum absolute atomic E-state index is 0.169. The van der Waals surface area contributed by atoms with E-state index in [4.69, 9.17) is 21.1 Å². The summed E-state index contributed by atoms with van der Waals surface area (Å²) in [6.45, 7) is 1.85. The van der Waals surface area contributed by atoms with Crippen LogP contribution in [0.3, 0.4) is 0 Å². The van der Waals surface area contributed by atoms with E-state index in [9.17, 15) is 20.0 Å². The van der Waals surface area contributed by atoms with Gasteiger partial charge in [0.15, 0.2) is 5.60 Å². The number of imide groups is 1. The molecule has 0 unspecified atom stereocenters. The maximum atomic E-state index is 13.9. The van der Waals surface area contributed by atoms with Gasteiger partial charge in [0.2, 0.25) is 11.8 Å². The predicted molar refractivity (Wildman–Crippen MR) is 128 cm³/mol. The van der Waals surface area contributed by atoms with E-state index in [1.54, 1.807) is 43.5 Å². The lowest BCUT2D eigenvalue weighted by atomic mass is 9.64. The van der Waals surface area contributed by atoms with Gasteiger partial charge in [-0.05, 0) is 50.1 Å². The number of pyridine rings is 2. The van der Waals surface area contributed by atoms with Gasteiger partial charge in [0, 0.05) is 30.3 Å². The van der Waals surface area contributed by atoms with Gasteiger partial charge in [-0.3, -0.25) is 14.6 Å². The Morgan fingerprint density at radius 2 is 2.08 bits per heavy atom. The van der Waals surface area contributed by atoms with Crippen molar-refractivity contribution in [2.75, 3.05) is 11.5 Å². The molecule has 182 valence electrons. The fourth-order valence-electron chi connectivity index (χ4n) is 6.08. The molecule has 3 saturated heterocycles. The molecule has 4 atom stereocenters. The number of anilines is 1. The minimum atomic E-state index is -2.02. The van der Waals surface area contributed by atoms with Crippen LogP contribution in [0.2, 0.25) is 5.02 Å². The number of amides is 2. The molecule has 1 aromatic carbocycles. The highest BCUT2D eigenvalue weighted by molar-refractivity contribution is 6.30.